The van der Waals surface area contributed by atoms with Crippen LogP contribution in [0, 0.1) is 15.9 Å². The number of hydrogen-bond acceptors (Lipinski definition) is 3. The van der Waals surface area contributed by atoms with Crippen molar-refractivity contribution in [3.63, 3.8) is 0 Å². The van der Waals surface area contributed by atoms with Gasteiger partial charge in [-0.1, -0.05) is 29.8 Å². The molecule has 0 aromatic heterocycles. The Morgan fingerprint density at radius 3 is 2.65 bits per heavy atom. The van der Waals surface area contributed by atoms with Gasteiger partial charge in [-0.05, 0) is 25.1 Å². The molecule has 4 nitrogen and oxygen atoms in total. The molecule has 20 heavy (non-hydrogen) atoms. The molecule has 0 bridgehead atoms. The lowest BCUT2D eigenvalue weighted by atomic mass is 10.1. The summed E-state index contributed by atoms with van der Waals surface area (Å²) in [5.74, 6) is -0.504. The fourth-order valence-electron chi connectivity index (χ4n) is 1.93. The number of nitrogens with one attached hydrogen (secondary N) is 1. The van der Waals surface area contributed by atoms with Gasteiger partial charge >= 0.3 is 0 Å². The minimum atomic E-state index is -0.504. The van der Waals surface area contributed by atoms with Crippen LogP contribution < -0.4 is 5.32 Å². The highest BCUT2D eigenvalue weighted by atomic mass is 35.5. The largest absolute Gasteiger partial charge is 0.378 e. The van der Waals surface area contributed by atoms with Crippen LogP contribution in [0.2, 0.25) is 5.02 Å². The van der Waals surface area contributed by atoms with Crippen LogP contribution in [0.3, 0.4) is 0 Å². The Labute approximate surface area is 120 Å². The van der Waals surface area contributed by atoms with Gasteiger partial charge in [-0.3, -0.25) is 10.1 Å². The summed E-state index contributed by atoms with van der Waals surface area (Å²) in [6, 6.07) is 10.4. The smallest absolute Gasteiger partial charge is 0.274 e. The van der Waals surface area contributed by atoms with Crippen LogP contribution in [-0.2, 0) is 0 Å². The molecule has 0 saturated heterocycles. The van der Waals surface area contributed by atoms with Crippen molar-refractivity contribution in [2.24, 2.45) is 0 Å². The van der Waals surface area contributed by atoms with Crippen LogP contribution in [-0.4, -0.2) is 4.92 Å². The van der Waals surface area contributed by atoms with Crippen LogP contribution in [0.1, 0.15) is 18.5 Å². The van der Waals surface area contributed by atoms with E-state index in [1.54, 1.807) is 25.1 Å². The molecule has 0 aliphatic heterocycles. The first kappa shape index (κ1) is 14.3. The lowest BCUT2D eigenvalue weighted by molar-refractivity contribution is -0.385. The summed E-state index contributed by atoms with van der Waals surface area (Å²) < 4.78 is 13.1. The third kappa shape index (κ3) is 3.05. The minimum Gasteiger partial charge on any atom is -0.378 e. The van der Waals surface area contributed by atoms with E-state index in [0.717, 1.165) is 0 Å². The van der Waals surface area contributed by atoms with Crippen LogP contribution in [0.25, 0.3) is 0 Å². The summed E-state index contributed by atoms with van der Waals surface area (Å²) in [7, 11) is 0. The second-order valence-electron chi connectivity index (χ2n) is 4.31. The summed E-state index contributed by atoms with van der Waals surface area (Å²) >= 11 is 5.70. The van der Waals surface area contributed by atoms with Crippen molar-refractivity contribution in [1.29, 1.82) is 0 Å². The molecule has 2 rings (SSSR count). The molecule has 1 atom stereocenters. The van der Waals surface area contributed by atoms with Gasteiger partial charge in [-0.15, -0.1) is 0 Å². The summed E-state index contributed by atoms with van der Waals surface area (Å²) in [6.45, 7) is 1.79. The second kappa shape index (κ2) is 5.88. The average Bonchev–Trinajstić information content (AvgIpc) is 2.43. The Balaban J connectivity index is 2.26. The lowest BCUT2D eigenvalue weighted by Crippen LogP contribution is -2.09. The number of benzene rings is 2. The van der Waals surface area contributed by atoms with Crippen LogP contribution in [0.4, 0.5) is 15.8 Å². The Morgan fingerprint density at radius 1 is 1.30 bits per heavy atom. The van der Waals surface area contributed by atoms with E-state index in [9.17, 15) is 14.5 Å². The number of nitro groups is 1. The quantitative estimate of drug-likeness (QED) is 0.664. The van der Waals surface area contributed by atoms with Crippen molar-refractivity contribution >= 4 is 23.0 Å². The molecule has 2 aromatic carbocycles. The molecule has 0 fully saturated rings. The van der Waals surface area contributed by atoms with E-state index in [1.165, 1.54) is 24.3 Å². The topological polar surface area (TPSA) is 55.2 Å². The first-order valence-electron chi connectivity index (χ1n) is 5.94. The van der Waals surface area contributed by atoms with Gasteiger partial charge in [0.25, 0.3) is 5.69 Å². The first-order chi connectivity index (χ1) is 9.49. The van der Waals surface area contributed by atoms with Crippen molar-refractivity contribution in [3.8, 4) is 0 Å². The number of rotatable bonds is 4. The Morgan fingerprint density at radius 2 is 2.00 bits per heavy atom. The fourth-order valence-corrected chi connectivity index (χ4v) is 2.11. The summed E-state index contributed by atoms with van der Waals surface area (Å²) in [5.41, 5.74) is 1.20. The molecule has 2 aromatic rings. The summed E-state index contributed by atoms with van der Waals surface area (Å²) in [4.78, 5) is 10.6. The Bertz CT molecular complexity index is 649. The number of para-hydroxylation sites is 1. The highest BCUT2D eigenvalue weighted by Crippen LogP contribution is 2.28. The van der Waals surface area contributed by atoms with E-state index in [4.69, 9.17) is 11.6 Å². The van der Waals surface area contributed by atoms with Gasteiger partial charge in [0.15, 0.2) is 0 Å². The molecular formula is C14H12ClFN2O2. The van der Waals surface area contributed by atoms with Gasteiger partial charge in [0.05, 0.1) is 21.6 Å². The zero-order chi connectivity index (χ0) is 14.7. The average molecular weight is 295 g/mol. The molecule has 1 unspecified atom stereocenters. The van der Waals surface area contributed by atoms with Crippen molar-refractivity contribution in [2.45, 2.75) is 13.0 Å². The van der Waals surface area contributed by atoms with Crippen LogP contribution in [0.5, 0.6) is 0 Å². The second-order valence-corrected chi connectivity index (χ2v) is 4.72. The maximum atomic E-state index is 13.1. The lowest BCUT2D eigenvalue weighted by Gasteiger charge is -2.16. The number of nitrogens with zero attached hydrogens (tertiary/aromatic N) is 1. The zero-order valence-corrected chi connectivity index (χ0v) is 11.4. The van der Waals surface area contributed by atoms with Crippen molar-refractivity contribution in [1.82, 2.24) is 0 Å². The molecule has 1 N–H and O–H groups in total. The molecule has 0 spiro atoms. The van der Waals surface area contributed by atoms with E-state index in [0.29, 0.717) is 11.3 Å². The summed E-state index contributed by atoms with van der Waals surface area (Å²) in [6.07, 6.45) is 0. The van der Waals surface area contributed by atoms with E-state index in [2.05, 4.69) is 5.32 Å². The van der Waals surface area contributed by atoms with Gasteiger partial charge in [0.2, 0.25) is 0 Å². The Hall–Kier alpha value is -2.14. The molecular weight excluding hydrogens is 283 g/mol. The van der Waals surface area contributed by atoms with Crippen LogP contribution in [0.15, 0.2) is 42.5 Å². The number of anilines is 1. The maximum Gasteiger partial charge on any atom is 0.274 e. The molecule has 104 valence electrons. The molecule has 6 heteroatoms. The van der Waals surface area contributed by atoms with E-state index < -0.39 is 10.7 Å². The molecule has 0 aliphatic rings. The van der Waals surface area contributed by atoms with E-state index >= 15 is 0 Å². The highest BCUT2D eigenvalue weighted by Gasteiger charge is 2.18. The number of nitro benzene ring substituents is 1. The molecule has 0 radical (unpaired) electrons. The van der Waals surface area contributed by atoms with E-state index in [1.807, 2.05) is 0 Å². The normalized spacial score (nSPS) is 11.9. The molecule has 0 saturated carbocycles. The van der Waals surface area contributed by atoms with Gasteiger partial charge in [0, 0.05) is 11.8 Å². The number of halogens is 2. The standard InChI is InChI=1S/C14H12ClFN2O2/c1-9(11-4-2-3-5-14(11)18(19)20)17-10-6-7-13(16)12(15)8-10/h2-9,17H,1H3. The van der Waals surface area contributed by atoms with Crippen LogP contribution >= 0.6 is 11.6 Å². The Kier molecular flexibility index (Phi) is 4.20. The minimum absolute atomic E-state index is 0.00441. The predicted molar refractivity (Wildman–Crippen MR) is 76.5 cm³/mol. The van der Waals surface area contributed by atoms with Crippen molar-refractivity contribution in [3.05, 3.63) is 69.0 Å². The monoisotopic (exact) mass is 294 g/mol. The summed E-state index contributed by atoms with van der Waals surface area (Å²) in [5, 5.41) is 14.1. The van der Waals surface area contributed by atoms with Gasteiger partial charge in [-0.2, -0.15) is 0 Å². The fraction of sp³-hybridized carbons (Fsp3) is 0.143. The van der Waals surface area contributed by atoms with Gasteiger partial charge < -0.3 is 5.32 Å². The van der Waals surface area contributed by atoms with E-state index in [-0.39, 0.29) is 16.8 Å². The predicted octanol–water partition coefficient (Wildman–Crippen LogP) is 4.56. The SMILES string of the molecule is CC(Nc1ccc(F)c(Cl)c1)c1ccccc1[N+](=O)[O-]. The molecule has 0 amide bonds. The zero-order valence-electron chi connectivity index (χ0n) is 10.6. The van der Waals surface area contributed by atoms with Gasteiger partial charge in [-0.25, -0.2) is 4.39 Å². The third-order valence-corrected chi connectivity index (χ3v) is 3.19. The highest BCUT2D eigenvalue weighted by molar-refractivity contribution is 6.31. The van der Waals surface area contributed by atoms with Gasteiger partial charge in [0.1, 0.15) is 5.82 Å². The van der Waals surface area contributed by atoms with Crippen molar-refractivity contribution < 1.29 is 9.31 Å². The first-order valence-corrected chi connectivity index (χ1v) is 6.31. The molecule has 0 aliphatic carbocycles. The molecule has 0 heterocycles. The van der Waals surface area contributed by atoms with Crippen molar-refractivity contribution in [2.75, 3.05) is 5.32 Å². The third-order valence-electron chi connectivity index (χ3n) is 2.90. The number of hydrogen-bond donors (Lipinski definition) is 1. The maximum absolute atomic E-state index is 13.1.